The second kappa shape index (κ2) is 12.1. The van der Waals surface area contributed by atoms with Gasteiger partial charge in [0.25, 0.3) is 0 Å². The average molecular weight is 522 g/mol. The lowest BCUT2D eigenvalue weighted by Gasteiger charge is -2.21. The molecule has 0 radical (unpaired) electrons. The molecule has 1 unspecified atom stereocenters. The first-order chi connectivity index (χ1) is 17.4. The van der Waals surface area contributed by atoms with E-state index in [2.05, 4.69) is 74.3 Å². The molecule has 0 spiro atoms. The second-order valence-corrected chi connectivity index (χ2v) is 10.1. The van der Waals surface area contributed by atoms with E-state index >= 15 is 0 Å². The molecule has 1 aromatic heterocycles. The number of aromatic nitrogens is 2. The van der Waals surface area contributed by atoms with Crippen molar-refractivity contribution in [3.8, 4) is 22.5 Å². The topological polar surface area (TPSA) is 41.0 Å². The van der Waals surface area contributed by atoms with Gasteiger partial charge in [-0.05, 0) is 87.3 Å². The highest BCUT2D eigenvalue weighted by molar-refractivity contribution is 6.42. The van der Waals surface area contributed by atoms with E-state index < -0.39 is 0 Å². The number of hydrogen-bond donors (Lipinski definition) is 1. The largest absolute Gasteiger partial charge is 0.367 e. The lowest BCUT2D eigenvalue weighted by atomic mass is 10.0. The molecule has 188 valence electrons. The summed E-state index contributed by atoms with van der Waals surface area (Å²) in [4.78, 5) is 12.5. The predicted molar refractivity (Wildman–Crippen MR) is 155 cm³/mol. The van der Waals surface area contributed by atoms with Crippen LogP contribution < -0.4 is 5.32 Å². The van der Waals surface area contributed by atoms with Crippen molar-refractivity contribution >= 4 is 39.9 Å². The summed E-state index contributed by atoms with van der Waals surface area (Å²) in [5, 5.41) is 5.83. The van der Waals surface area contributed by atoms with E-state index in [0.717, 1.165) is 71.5 Å². The first kappa shape index (κ1) is 26.4. The summed E-state index contributed by atoms with van der Waals surface area (Å²) in [6.45, 7) is 12.1. The Morgan fingerprint density at radius 3 is 2.33 bits per heavy atom. The summed E-state index contributed by atoms with van der Waals surface area (Å²) in [6.07, 6.45) is 2.23. The summed E-state index contributed by atoms with van der Waals surface area (Å²) in [7, 11) is 0. The first-order valence-corrected chi connectivity index (χ1v) is 13.5. The molecule has 0 saturated carbocycles. The van der Waals surface area contributed by atoms with Crippen molar-refractivity contribution in [1.82, 2.24) is 14.9 Å². The van der Waals surface area contributed by atoms with Crippen LogP contribution in [0.25, 0.3) is 33.4 Å². The summed E-state index contributed by atoms with van der Waals surface area (Å²) in [5.41, 5.74) is 5.11. The molecule has 0 aliphatic carbocycles. The number of aryl methyl sites for hydroxylation is 1. The number of fused-ring (bicyclic) bond motifs is 1. The van der Waals surface area contributed by atoms with Crippen molar-refractivity contribution in [2.24, 2.45) is 0 Å². The zero-order valence-corrected chi connectivity index (χ0v) is 23.0. The minimum Gasteiger partial charge on any atom is -0.367 e. The molecule has 36 heavy (non-hydrogen) atoms. The first-order valence-electron chi connectivity index (χ1n) is 12.7. The molecule has 4 rings (SSSR count). The highest BCUT2D eigenvalue weighted by Gasteiger charge is 2.14. The summed E-state index contributed by atoms with van der Waals surface area (Å²) in [5.74, 6) is 1.59. The third-order valence-electron chi connectivity index (χ3n) is 6.69. The third kappa shape index (κ3) is 6.18. The van der Waals surface area contributed by atoms with Gasteiger partial charge in [-0.2, -0.15) is 0 Å². The maximum absolute atomic E-state index is 6.27. The maximum atomic E-state index is 6.27. The summed E-state index contributed by atoms with van der Waals surface area (Å²) >= 11 is 12.4. The second-order valence-electron chi connectivity index (χ2n) is 9.29. The summed E-state index contributed by atoms with van der Waals surface area (Å²) in [6, 6.07) is 20.5. The zero-order valence-electron chi connectivity index (χ0n) is 21.5. The lowest BCUT2D eigenvalue weighted by Crippen LogP contribution is -2.25. The van der Waals surface area contributed by atoms with E-state index in [9.17, 15) is 0 Å². The van der Waals surface area contributed by atoms with Gasteiger partial charge in [0, 0.05) is 17.0 Å². The van der Waals surface area contributed by atoms with Gasteiger partial charge in [0.1, 0.15) is 5.82 Å². The van der Waals surface area contributed by atoms with Gasteiger partial charge in [-0.1, -0.05) is 73.4 Å². The molecular weight excluding hydrogens is 487 g/mol. The Balaban J connectivity index is 1.66. The van der Waals surface area contributed by atoms with E-state index in [1.165, 1.54) is 0 Å². The Morgan fingerprint density at radius 2 is 1.58 bits per heavy atom. The van der Waals surface area contributed by atoms with Crippen LogP contribution in [0.5, 0.6) is 0 Å². The normalized spacial score (nSPS) is 12.3. The number of rotatable bonds is 10. The van der Waals surface area contributed by atoms with E-state index in [1.54, 1.807) is 0 Å². The molecule has 0 saturated heterocycles. The number of nitrogens with zero attached hydrogens (tertiary/aromatic N) is 3. The molecular formula is C30H34Cl2N4. The van der Waals surface area contributed by atoms with Crippen molar-refractivity contribution < 1.29 is 0 Å². The fourth-order valence-corrected chi connectivity index (χ4v) is 4.81. The van der Waals surface area contributed by atoms with Crippen molar-refractivity contribution in [1.29, 1.82) is 0 Å². The van der Waals surface area contributed by atoms with Gasteiger partial charge < -0.3 is 10.2 Å². The Labute approximate surface area is 224 Å². The molecule has 6 heteroatoms. The predicted octanol–water partition coefficient (Wildman–Crippen LogP) is 8.50. The SMILES string of the molecule is CCN(CC)CCCC(C)Nc1nc(-c2cccc(-c3ccc(Cl)c(Cl)c3)c2)nc2c(C)cccc12. The Bertz CT molecular complexity index is 1330. The monoisotopic (exact) mass is 520 g/mol. The summed E-state index contributed by atoms with van der Waals surface area (Å²) < 4.78 is 0. The van der Waals surface area contributed by atoms with Crippen molar-refractivity contribution in [2.45, 2.75) is 46.6 Å². The fraction of sp³-hybridized carbons (Fsp3) is 0.333. The number of anilines is 1. The van der Waals surface area contributed by atoms with Gasteiger partial charge in [0.15, 0.2) is 5.82 Å². The van der Waals surface area contributed by atoms with Crippen LogP contribution in [-0.4, -0.2) is 40.5 Å². The molecule has 1 heterocycles. The standard InChI is InChI=1S/C30H34Cl2N4/c1-5-36(6-2)17-9-11-21(4)33-30-25-14-7-10-20(3)28(25)34-29(35-30)24-13-8-12-22(18-24)23-15-16-26(31)27(32)19-23/h7-8,10,12-16,18-19,21H,5-6,9,11,17H2,1-4H3,(H,33,34,35). The van der Waals surface area contributed by atoms with Crippen molar-refractivity contribution in [2.75, 3.05) is 25.0 Å². The van der Waals surface area contributed by atoms with Gasteiger partial charge >= 0.3 is 0 Å². The zero-order chi connectivity index (χ0) is 25.7. The van der Waals surface area contributed by atoms with Crippen LogP contribution in [0.2, 0.25) is 10.0 Å². The third-order valence-corrected chi connectivity index (χ3v) is 7.43. The van der Waals surface area contributed by atoms with Gasteiger partial charge in [-0.25, -0.2) is 9.97 Å². The van der Waals surface area contributed by atoms with E-state index in [-0.39, 0.29) is 0 Å². The van der Waals surface area contributed by atoms with Crippen molar-refractivity contribution in [3.63, 3.8) is 0 Å². The smallest absolute Gasteiger partial charge is 0.162 e. The lowest BCUT2D eigenvalue weighted by molar-refractivity contribution is 0.295. The Kier molecular flexibility index (Phi) is 8.84. The minimum absolute atomic E-state index is 0.301. The number of hydrogen-bond acceptors (Lipinski definition) is 4. The molecule has 4 aromatic rings. The van der Waals surface area contributed by atoms with Crippen molar-refractivity contribution in [3.05, 3.63) is 76.3 Å². The average Bonchev–Trinajstić information content (AvgIpc) is 2.89. The Hall–Kier alpha value is -2.66. The number of para-hydroxylation sites is 1. The molecule has 0 aliphatic rings. The number of benzene rings is 3. The van der Waals surface area contributed by atoms with E-state index in [4.69, 9.17) is 33.2 Å². The van der Waals surface area contributed by atoms with E-state index in [0.29, 0.717) is 21.9 Å². The van der Waals surface area contributed by atoms with Crippen LogP contribution in [-0.2, 0) is 0 Å². The van der Waals surface area contributed by atoms with Crippen LogP contribution in [0.3, 0.4) is 0 Å². The van der Waals surface area contributed by atoms with Crippen LogP contribution in [0.4, 0.5) is 5.82 Å². The molecule has 0 bridgehead atoms. The van der Waals surface area contributed by atoms with Crippen LogP contribution in [0.1, 0.15) is 39.2 Å². The number of nitrogens with one attached hydrogen (secondary N) is 1. The van der Waals surface area contributed by atoms with E-state index in [1.807, 2.05) is 24.3 Å². The van der Waals surface area contributed by atoms with Gasteiger partial charge in [-0.3, -0.25) is 0 Å². The van der Waals surface area contributed by atoms with Gasteiger partial charge in [0.05, 0.1) is 15.6 Å². The van der Waals surface area contributed by atoms with Crippen LogP contribution in [0.15, 0.2) is 60.7 Å². The van der Waals surface area contributed by atoms with Crippen LogP contribution >= 0.6 is 23.2 Å². The van der Waals surface area contributed by atoms with Crippen LogP contribution in [0, 0.1) is 6.92 Å². The minimum atomic E-state index is 0.301. The quantitative estimate of drug-likeness (QED) is 0.227. The maximum Gasteiger partial charge on any atom is 0.162 e. The molecule has 1 atom stereocenters. The molecule has 3 aromatic carbocycles. The molecule has 0 fully saturated rings. The van der Waals surface area contributed by atoms with Gasteiger partial charge in [-0.15, -0.1) is 0 Å². The Morgan fingerprint density at radius 1 is 0.861 bits per heavy atom. The molecule has 0 amide bonds. The highest BCUT2D eigenvalue weighted by Crippen LogP contribution is 2.32. The molecule has 1 N–H and O–H groups in total. The molecule has 0 aliphatic heterocycles. The number of halogens is 2. The fourth-order valence-electron chi connectivity index (χ4n) is 4.51. The molecule has 4 nitrogen and oxygen atoms in total. The van der Waals surface area contributed by atoms with Gasteiger partial charge in [0.2, 0.25) is 0 Å². The highest BCUT2D eigenvalue weighted by atomic mass is 35.5.